The average Bonchev–Trinajstić information content (AvgIpc) is 2.20. The van der Waals surface area contributed by atoms with E-state index in [-0.39, 0.29) is 0 Å². The van der Waals surface area contributed by atoms with Gasteiger partial charge in [-0.2, -0.15) is 5.10 Å². The van der Waals surface area contributed by atoms with Crippen LogP contribution in [0.2, 0.25) is 0 Å². The first-order valence-corrected chi connectivity index (χ1v) is 5.30. The van der Waals surface area contributed by atoms with E-state index >= 15 is 0 Å². The van der Waals surface area contributed by atoms with Crippen LogP contribution in [0.3, 0.4) is 0 Å². The number of rotatable bonds is 1. The maximum absolute atomic E-state index is 4.95. The van der Waals surface area contributed by atoms with Crippen molar-refractivity contribution in [2.45, 2.75) is 0 Å². The summed E-state index contributed by atoms with van der Waals surface area (Å²) >= 11 is 6.56. The Kier molecular flexibility index (Phi) is 2.61. The summed E-state index contributed by atoms with van der Waals surface area (Å²) < 4.78 is 0.750. The third kappa shape index (κ3) is 2.08. The van der Waals surface area contributed by atoms with Crippen LogP contribution >= 0.6 is 24.0 Å². The first-order valence-electron chi connectivity index (χ1n) is 3.91. The van der Waals surface area contributed by atoms with E-state index in [0.29, 0.717) is 0 Å². The zero-order valence-corrected chi connectivity index (χ0v) is 8.49. The molecule has 1 N–H and O–H groups in total. The van der Waals surface area contributed by atoms with Crippen LogP contribution < -0.4 is 5.43 Å². The minimum Gasteiger partial charge on any atom is -0.262 e. The van der Waals surface area contributed by atoms with Crippen LogP contribution in [0.15, 0.2) is 35.4 Å². The Morgan fingerprint density at radius 2 is 2.08 bits per heavy atom. The molecule has 0 aromatic heterocycles. The van der Waals surface area contributed by atoms with Gasteiger partial charge in [0.25, 0.3) is 0 Å². The van der Waals surface area contributed by atoms with Gasteiger partial charge in [-0.3, -0.25) is 5.43 Å². The van der Waals surface area contributed by atoms with E-state index in [4.69, 9.17) is 12.2 Å². The standard InChI is InChI=1S/C9H8N2S2/c12-9-11-10-8(6-13-9)7-4-2-1-3-5-7/h1-5H,6H2,(H,11,12). The van der Waals surface area contributed by atoms with Crippen molar-refractivity contribution in [2.75, 3.05) is 5.75 Å². The Labute approximate surface area is 86.4 Å². The molecule has 1 aliphatic rings. The highest BCUT2D eigenvalue weighted by Gasteiger charge is 2.10. The van der Waals surface area contributed by atoms with E-state index in [1.807, 2.05) is 18.2 Å². The zero-order valence-electron chi connectivity index (χ0n) is 6.86. The Bertz CT molecular complexity index is 346. The summed E-state index contributed by atoms with van der Waals surface area (Å²) in [4.78, 5) is 0. The van der Waals surface area contributed by atoms with Gasteiger partial charge in [0.05, 0.1) is 5.71 Å². The molecule has 0 atom stereocenters. The molecule has 0 aliphatic carbocycles. The highest BCUT2D eigenvalue weighted by Crippen LogP contribution is 2.12. The van der Waals surface area contributed by atoms with E-state index in [1.54, 1.807) is 11.8 Å². The molecule has 0 amide bonds. The quantitative estimate of drug-likeness (QED) is 0.714. The van der Waals surface area contributed by atoms with Crippen LogP contribution in [0.5, 0.6) is 0 Å². The summed E-state index contributed by atoms with van der Waals surface area (Å²) in [6, 6.07) is 10.1. The largest absolute Gasteiger partial charge is 0.262 e. The smallest absolute Gasteiger partial charge is 0.154 e. The molecule has 0 spiro atoms. The predicted octanol–water partition coefficient (Wildman–Crippen LogP) is 2.01. The van der Waals surface area contributed by atoms with Crippen LogP contribution in [-0.2, 0) is 0 Å². The van der Waals surface area contributed by atoms with Gasteiger partial charge in [-0.1, -0.05) is 54.3 Å². The van der Waals surface area contributed by atoms with Gasteiger partial charge in [-0.15, -0.1) is 0 Å². The number of thioether (sulfide) groups is 1. The molecular weight excluding hydrogens is 200 g/mol. The lowest BCUT2D eigenvalue weighted by atomic mass is 10.1. The molecule has 1 aromatic rings. The molecule has 0 saturated heterocycles. The van der Waals surface area contributed by atoms with Crippen molar-refractivity contribution in [1.82, 2.24) is 5.43 Å². The molecule has 0 radical (unpaired) electrons. The van der Waals surface area contributed by atoms with Crippen molar-refractivity contribution >= 4 is 34.0 Å². The number of benzene rings is 1. The predicted molar refractivity (Wildman–Crippen MR) is 61.2 cm³/mol. The molecule has 1 heterocycles. The lowest BCUT2D eigenvalue weighted by Gasteiger charge is -2.12. The van der Waals surface area contributed by atoms with E-state index in [1.165, 1.54) is 0 Å². The number of nitrogens with zero attached hydrogens (tertiary/aromatic N) is 1. The van der Waals surface area contributed by atoms with Gasteiger partial charge >= 0.3 is 0 Å². The minimum atomic E-state index is 0.750. The van der Waals surface area contributed by atoms with Gasteiger partial charge in [0.15, 0.2) is 4.32 Å². The molecule has 1 aromatic carbocycles. The fraction of sp³-hybridized carbons (Fsp3) is 0.111. The number of hydrazone groups is 1. The summed E-state index contributed by atoms with van der Waals surface area (Å²) in [5.41, 5.74) is 5.03. The molecule has 13 heavy (non-hydrogen) atoms. The third-order valence-electron chi connectivity index (χ3n) is 1.73. The highest BCUT2D eigenvalue weighted by atomic mass is 32.2. The van der Waals surface area contributed by atoms with Gasteiger partial charge in [0.1, 0.15) is 0 Å². The zero-order chi connectivity index (χ0) is 9.10. The van der Waals surface area contributed by atoms with Gasteiger partial charge in [0, 0.05) is 5.75 Å². The van der Waals surface area contributed by atoms with Crippen molar-refractivity contribution in [1.29, 1.82) is 0 Å². The SMILES string of the molecule is S=C1NN=C(c2ccccc2)CS1. The van der Waals surface area contributed by atoms with Crippen LogP contribution in [0.25, 0.3) is 0 Å². The summed E-state index contributed by atoms with van der Waals surface area (Å²) in [6.07, 6.45) is 0. The fourth-order valence-corrected chi connectivity index (χ4v) is 1.92. The minimum absolute atomic E-state index is 0.750. The second-order valence-electron chi connectivity index (χ2n) is 2.61. The van der Waals surface area contributed by atoms with Crippen molar-refractivity contribution in [3.8, 4) is 0 Å². The molecule has 0 unspecified atom stereocenters. The van der Waals surface area contributed by atoms with Crippen LogP contribution in [0.1, 0.15) is 5.56 Å². The van der Waals surface area contributed by atoms with Gasteiger partial charge < -0.3 is 0 Å². The van der Waals surface area contributed by atoms with Crippen molar-refractivity contribution in [3.05, 3.63) is 35.9 Å². The Morgan fingerprint density at radius 1 is 1.31 bits per heavy atom. The van der Waals surface area contributed by atoms with Crippen LogP contribution in [0, 0.1) is 0 Å². The monoisotopic (exact) mass is 208 g/mol. The van der Waals surface area contributed by atoms with E-state index in [2.05, 4.69) is 22.7 Å². The number of hydrogen-bond acceptors (Lipinski definition) is 3. The number of thiocarbonyl (C=S) groups is 1. The lowest BCUT2D eigenvalue weighted by molar-refractivity contribution is 1.05. The Balaban J connectivity index is 2.23. The summed E-state index contributed by atoms with van der Waals surface area (Å²) in [5.74, 6) is 0.857. The summed E-state index contributed by atoms with van der Waals surface area (Å²) in [6.45, 7) is 0. The van der Waals surface area contributed by atoms with Gasteiger partial charge in [-0.25, -0.2) is 0 Å². The normalized spacial score (nSPS) is 16.3. The van der Waals surface area contributed by atoms with E-state index in [0.717, 1.165) is 21.3 Å². The lowest BCUT2D eigenvalue weighted by Crippen LogP contribution is -2.23. The summed E-state index contributed by atoms with van der Waals surface area (Å²) in [7, 11) is 0. The molecular formula is C9H8N2S2. The first kappa shape index (κ1) is 8.72. The number of hydrogen-bond donors (Lipinski definition) is 1. The van der Waals surface area contributed by atoms with E-state index < -0.39 is 0 Å². The molecule has 4 heteroatoms. The van der Waals surface area contributed by atoms with E-state index in [9.17, 15) is 0 Å². The topological polar surface area (TPSA) is 24.4 Å². The Hall–Kier alpha value is -0.870. The Morgan fingerprint density at radius 3 is 2.69 bits per heavy atom. The molecule has 0 fully saturated rings. The maximum atomic E-state index is 4.95. The molecule has 2 rings (SSSR count). The fourth-order valence-electron chi connectivity index (χ4n) is 1.09. The number of nitrogens with one attached hydrogen (secondary N) is 1. The maximum Gasteiger partial charge on any atom is 0.154 e. The second-order valence-corrected chi connectivity index (χ2v) is 4.26. The first-order chi connectivity index (χ1) is 6.36. The average molecular weight is 208 g/mol. The van der Waals surface area contributed by atoms with Gasteiger partial charge in [-0.05, 0) is 5.56 Å². The van der Waals surface area contributed by atoms with Crippen molar-refractivity contribution < 1.29 is 0 Å². The second kappa shape index (κ2) is 3.89. The van der Waals surface area contributed by atoms with Gasteiger partial charge in [0.2, 0.25) is 0 Å². The third-order valence-corrected chi connectivity index (χ3v) is 2.95. The highest BCUT2D eigenvalue weighted by molar-refractivity contribution is 8.23. The van der Waals surface area contributed by atoms with Crippen molar-refractivity contribution in [3.63, 3.8) is 0 Å². The molecule has 0 saturated carbocycles. The molecule has 1 aliphatic heterocycles. The van der Waals surface area contributed by atoms with Crippen molar-refractivity contribution in [2.24, 2.45) is 5.10 Å². The molecule has 2 nitrogen and oxygen atoms in total. The summed E-state index contributed by atoms with van der Waals surface area (Å²) in [5, 5.41) is 4.19. The molecule has 66 valence electrons. The molecule has 0 bridgehead atoms. The van der Waals surface area contributed by atoms with Crippen LogP contribution in [-0.4, -0.2) is 15.8 Å². The van der Waals surface area contributed by atoms with Crippen LogP contribution in [0.4, 0.5) is 0 Å².